The number of rotatable bonds is 1. The number of hydrogen-bond donors (Lipinski definition) is 1. The highest BCUT2D eigenvalue weighted by atomic mass is 14.9. The molecule has 0 bridgehead atoms. The summed E-state index contributed by atoms with van der Waals surface area (Å²) in [6.45, 7) is 4.83. The molecule has 1 aliphatic heterocycles. The van der Waals surface area contributed by atoms with E-state index in [-0.39, 0.29) is 0 Å². The third-order valence-electron chi connectivity index (χ3n) is 4.98. The van der Waals surface area contributed by atoms with E-state index in [1.54, 1.807) is 5.56 Å². The summed E-state index contributed by atoms with van der Waals surface area (Å²) in [4.78, 5) is 0. The van der Waals surface area contributed by atoms with Crippen molar-refractivity contribution in [3.8, 4) is 0 Å². The van der Waals surface area contributed by atoms with Crippen molar-refractivity contribution in [2.75, 3.05) is 13.1 Å². The summed E-state index contributed by atoms with van der Waals surface area (Å²) in [7, 11) is 0. The molecule has 92 valence electrons. The van der Waals surface area contributed by atoms with Gasteiger partial charge in [-0.05, 0) is 42.7 Å². The monoisotopic (exact) mass is 229 g/mol. The molecule has 0 aromatic heterocycles. The lowest BCUT2D eigenvalue weighted by Crippen LogP contribution is -2.42. The van der Waals surface area contributed by atoms with Crippen molar-refractivity contribution < 1.29 is 0 Å². The minimum absolute atomic E-state index is 0.603. The summed E-state index contributed by atoms with van der Waals surface area (Å²) in [6.07, 6.45) is 5.68. The Morgan fingerprint density at radius 2 is 2.00 bits per heavy atom. The topological polar surface area (TPSA) is 12.0 Å². The highest BCUT2D eigenvalue weighted by Gasteiger charge is 2.45. The summed E-state index contributed by atoms with van der Waals surface area (Å²) >= 11 is 0. The predicted octanol–water partition coefficient (Wildman–Crippen LogP) is 3.57. The number of hydrogen-bond acceptors (Lipinski definition) is 1. The molecule has 1 aromatic rings. The molecule has 1 heteroatoms. The first-order valence-corrected chi connectivity index (χ1v) is 7.06. The van der Waals surface area contributed by atoms with Gasteiger partial charge in [-0.25, -0.2) is 0 Å². The first-order chi connectivity index (χ1) is 8.30. The van der Waals surface area contributed by atoms with E-state index in [4.69, 9.17) is 0 Å². The molecule has 2 aliphatic rings. The van der Waals surface area contributed by atoms with E-state index in [0.29, 0.717) is 5.41 Å². The first-order valence-electron chi connectivity index (χ1n) is 7.06. The van der Waals surface area contributed by atoms with Gasteiger partial charge in [0.05, 0.1) is 0 Å². The zero-order chi connectivity index (χ0) is 11.7. The van der Waals surface area contributed by atoms with Gasteiger partial charge in [0.25, 0.3) is 0 Å². The average molecular weight is 229 g/mol. The van der Waals surface area contributed by atoms with E-state index < -0.39 is 0 Å². The van der Waals surface area contributed by atoms with Gasteiger partial charge in [-0.15, -0.1) is 0 Å². The highest BCUT2D eigenvalue weighted by Crippen LogP contribution is 2.54. The second-order valence-corrected chi connectivity index (χ2v) is 6.13. The van der Waals surface area contributed by atoms with Crippen molar-refractivity contribution in [1.82, 2.24) is 5.32 Å². The Hall–Kier alpha value is -0.820. The fourth-order valence-corrected chi connectivity index (χ4v) is 4.11. The molecule has 2 fully saturated rings. The highest BCUT2D eigenvalue weighted by molar-refractivity contribution is 5.24. The summed E-state index contributed by atoms with van der Waals surface area (Å²) in [5.74, 6) is 1.67. The molecule has 1 spiro atoms. The summed E-state index contributed by atoms with van der Waals surface area (Å²) < 4.78 is 0. The molecular formula is C16H23N. The number of benzene rings is 1. The van der Waals surface area contributed by atoms with Gasteiger partial charge in [0.1, 0.15) is 0 Å². The van der Waals surface area contributed by atoms with Crippen molar-refractivity contribution in [3.63, 3.8) is 0 Å². The van der Waals surface area contributed by atoms with Crippen LogP contribution in [0.3, 0.4) is 0 Å². The van der Waals surface area contributed by atoms with E-state index >= 15 is 0 Å². The Balaban J connectivity index is 1.91. The molecule has 0 radical (unpaired) electrons. The van der Waals surface area contributed by atoms with Crippen LogP contribution in [0.4, 0.5) is 0 Å². The molecule has 1 saturated heterocycles. The van der Waals surface area contributed by atoms with Crippen molar-refractivity contribution in [2.24, 2.45) is 11.3 Å². The minimum Gasteiger partial charge on any atom is -0.316 e. The van der Waals surface area contributed by atoms with Crippen LogP contribution in [-0.2, 0) is 0 Å². The molecule has 3 rings (SSSR count). The molecule has 1 N–H and O–H groups in total. The SMILES string of the molecule is CC1CCC2(CCNCC2c2ccccc2)C1. The van der Waals surface area contributed by atoms with E-state index in [2.05, 4.69) is 42.6 Å². The van der Waals surface area contributed by atoms with Gasteiger partial charge in [-0.3, -0.25) is 0 Å². The van der Waals surface area contributed by atoms with E-state index in [9.17, 15) is 0 Å². The Labute approximate surface area is 105 Å². The zero-order valence-electron chi connectivity index (χ0n) is 10.8. The van der Waals surface area contributed by atoms with E-state index in [1.807, 2.05) is 0 Å². The molecule has 1 nitrogen and oxygen atoms in total. The molecule has 1 saturated carbocycles. The third-order valence-corrected chi connectivity index (χ3v) is 4.98. The van der Waals surface area contributed by atoms with Crippen LogP contribution < -0.4 is 5.32 Å². The third kappa shape index (κ3) is 2.01. The van der Waals surface area contributed by atoms with Gasteiger partial charge in [-0.2, -0.15) is 0 Å². The van der Waals surface area contributed by atoms with Crippen LogP contribution in [-0.4, -0.2) is 13.1 Å². The molecule has 1 aliphatic carbocycles. The second kappa shape index (κ2) is 4.45. The molecular weight excluding hydrogens is 206 g/mol. The standard InChI is InChI=1S/C16H23N/c1-13-7-8-16(11-13)9-10-17-12-15(16)14-5-3-2-4-6-14/h2-6,13,15,17H,7-12H2,1H3. The molecule has 17 heavy (non-hydrogen) atoms. The smallest absolute Gasteiger partial charge is 0.00255 e. The normalized spacial score (nSPS) is 37.5. The summed E-state index contributed by atoms with van der Waals surface area (Å²) in [5.41, 5.74) is 2.15. The van der Waals surface area contributed by atoms with Crippen LogP contribution in [0, 0.1) is 11.3 Å². The maximum absolute atomic E-state index is 3.60. The van der Waals surface area contributed by atoms with Crippen LogP contribution in [0.25, 0.3) is 0 Å². The van der Waals surface area contributed by atoms with Gasteiger partial charge in [0, 0.05) is 12.5 Å². The lowest BCUT2D eigenvalue weighted by atomic mass is 9.66. The van der Waals surface area contributed by atoms with Crippen LogP contribution in [0.5, 0.6) is 0 Å². The largest absolute Gasteiger partial charge is 0.316 e. The maximum Gasteiger partial charge on any atom is 0.00255 e. The van der Waals surface area contributed by atoms with Gasteiger partial charge >= 0.3 is 0 Å². The van der Waals surface area contributed by atoms with Crippen LogP contribution >= 0.6 is 0 Å². The number of piperidine rings is 1. The molecule has 1 heterocycles. The lowest BCUT2D eigenvalue weighted by Gasteiger charge is -2.42. The van der Waals surface area contributed by atoms with Crippen molar-refractivity contribution >= 4 is 0 Å². The maximum atomic E-state index is 3.60. The summed E-state index contributed by atoms with van der Waals surface area (Å²) in [6, 6.07) is 11.2. The molecule has 0 amide bonds. The van der Waals surface area contributed by atoms with Crippen LogP contribution in [0.1, 0.15) is 44.1 Å². The number of nitrogens with one attached hydrogen (secondary N) is 1. The quantitative estimate of drug-likeness (QED) is 0.776. The zero-order valence-corrected chi connectivity index (χ0v) is 10.8. The Morgan fingerprint density at radius 1 is 1.18 bits per heavy atom. The average Bonchev–Trinajstić information content (AvgIpc) is 2.73. The fourth-order valence-electron chi connectivity index (χ4n) is 4.11. The Kier molecular flexibility index (Phi) is 2.96. The van der Waals surface area contributed by atoms with Gasteiger partial charge < -0.3 is 5.32 Å². The van der Waals surface area contributed by atoms with Gasteiger partial charge in [0.2, 0.25) is 0 Å². The van der Waals surface area contributed by atoms with Crippen molar-refractivity contribution in [1.29, 1.82) is 0 Å². The molecule has 3 unspecified atom stereocenters. The Bertz CT molecular complexity index is 368. The Morgan fingerprint density at radius 3 is 2.71 bits per heavy atom. The van der Waals surface area contributed by atoms with E-state index in [0.717, 1.165) is 11.8 Å². The van der Waals surface area contributed by atoms with Crippen LogP contribution in [0.15, 0.2) is 30.3 Å². The predicted molar refractivity (Wildman–Crippen MR) is 72.1 cm³/mol. The van der Waals surface area contributed by atoms with E-state index in [1.165, 1.54) is 38.8 Å². The van der Waals surface area contributed by atoms with Gasteiger partial charge in [-0.1, -0.05) is 43.7 Å². The van der Waals surface area contributed by atoms with Crippen molar-refractivity contribution in [2.45, 2.75) is 38.5 Å². The lowest BCUT2D eigenvalue weighted by molar-refractivity contribution is 0.164. The molecule has 3 atom stereocenters. The van der Waals surface area contributed by atoms with Gasteiger partial charge in [0.15, 0.2) is 0 Å². The van der Waals surface area contributed by atoms with Crippen LogP contribution in [0.2, 0.25) is 0 Å². The molecule has 1 aromatic carbocycles. The minimum atomic E-state index is 0.603. The fraction of sp³-hybridized carbons (Fsp3) is 0.625. The first kappa shape index (κ1) is 11.3. The van der Waals surface area contributed by atoms with Crippen molar-refractivity contribution in [3.05, 3.63) is 35.9 Å². The second-order valence-electron chi connectivity index (χ2n) is 6.13. The summed E-state index contributed by atoms with van der Waals surface area (Å²) in [5, 5.41) is 3.60.